The molecule has 0 heterocycles. The number of carbonyl (C=O) groups excluding carboxylic acids is 1. The third-order valence-electron chi connectivity index (χ3n) is 4.38. The average molecular weight is 223 g/mol. The Kier molecular flexibility index (Phi) is 4.39. The average Bonchev–Trinajstić information content (AvgIpc) is 2.30. The van der Waals surface area contributed by atoms with E-state index in [9.17, 15) is 4.79 Å². The zero-order valence-electron chi connectivity index (χ0n) is 10.3. The monoisotopic (exact) mass is 223 g/mol. The molecule has 16 heavy (non-hydrogen) atoms. The summed E-state index contributed by atoms with van der Waals surface area (Å²) in [6.07, 6.45) is 11.8. The molecule has 0 saturated heterocycles. The largest absolute Gasteiger partial charge is 0.328 e. The van der Waals surface area contributed by atoms with Crippen molar-refractivity contribution in [2.75, 3.05) is 0 Å². The summed E-state index contributed by atoms with van der Waals surface area (Å²) in [6, 6.07) is 0.286. The molecule has 0 amide bonds. The van der Waals surface area contributed by atoms with Gasteiger partial charge in [0.05, 0.1) is 0 Å². The lowest BCUT2D eigenvalue weighted by molar-refractivity contribution is -0.125. The standard InChI is InChI=1S/C14H25NO/c15-13-8-4-7-12(10-13)14(16)9-11-5-2-1-3-6-11/h11-13H,1-10,15H2. The van der Waals surface area contributed by atoms with Crippen molar-refractivity contribution in [3.05, 3.63) is 0 Å². The van der Waals surface area contributed by atoms with Gasteiger partial charge in [-0.3, -0.25) is 4.79 Å². The number of nitrogens with two attached hydrogens (primary N) is 1. The van der Waals surface area contributed by atoms with Gasteiger partial charge in [-0.25, -0.2) is 0 Å². The molecule has 0 spiro atoms. The van der Waals surface area contributed by atoms with Crippen LogP contribution in [-0.2, 0) is 4.79 Å². The molecule has 0 aromatic carbocycles. The zero-order valence-corrected chi connectivity index (χ0v) is 10.3. The Hall–Kier alpha value is -0.370. The van der Waals surface area contributed by atoms with Crippen molar-refractivity contribution in [3.63, 3.8) is 0 Å². The third-order valence-corrected chi connectivity index (χ3v) is 4.38. The highest BCUT2D eigenvalue weighted by molar-refractivity contribution is 5.81. The van der Waals surface area contributed by atoms with Crippen molar-refractivity contribution in [3.8, 4) is 0 Å². The van der Waals surface area contributed by atoms with Gasteiger partial charge in [0.1, 0.15) is 5.78 Å². The number of ketones is 1. The first-order valence-electron chi connectivity index (χ1n) is 7.04. The van der Waals surface area contributed by atoms with Crippen LogP contribution in [0.1, 0.15) is 64.2 Å². The van der Waals surface area contributed by atoms with Crippen LogP contribution in [-0.4, -0.2) is 11.8 Å². The quantitative estimate of drug-likeness (QED) is 0.799. The molecule has 0 aromatic rings. The van der Waals surface area contributed by atoms with Crippen LogP contribution >= 0.6 is 0 Å². The Labute approximate surface area is 99.0 Å². The minimum atomic E-state index is 0.286. The minimum absolute atomic E-state index is 0.286. The van der Waals surface area contributed by atoms with E-state index in [0.29, 0.717) is 17.6 Å². The van der Waals surface area contributed by atoms with E-state index in [4.69, 9.17) is 5.73 Å². The molecule has 0 aromatic heterocycles. The molecule has 2 aliphatic carbocycles. The molecule has 2 fully saturated rings. The van der Waals surface area contributed by atoms with Crippen LogP contribution in [0.4, 0.5) is 0 Å². The Balaban J connectivity index is 1.77. The summed E-state index contributed by atoms with van der Waals surface area (Å²) in [5.74, 6) is 1.51. The fourth-order valence-corrected chi connectivity index (χ4v) is 3.36. The van der Waals surface area contributed by atoms with Crippen molar-refractivity contribution < 1.29 is 4.79 Å². The van der Waals surface area contributed by atoms with E-state index in [2.05, 4.69) is 0 Å². The van der Waals surface area contributed by atoms with Gasteiger partial charge in [-0.05, 0) is 25.2 Å². The van der Waals surface area contributed by atoms with E-state index in [1.165, 1.54) is 32.1 Å². The van der Waals surface area contributed by atoms with E-state index in [1.807, 2.05) is 0 Å². The first-order chi connectivity index (χ1) is 7.75. The predicted octanol–water partition coefficient (Wildman–Crippen LogP) is 3.04. The highest BCUT2D eigenvalue weighted by atomic mass is 16.1. The Morgan fingerprint density at radius 1 is 1.00 bits per heavy atom. The minimum Gasteiger partial charge on any atom is -0.328 e. The second-order valence-electron chi connectivity index (χ2n) is 5.80. The molecule has 0 radical (unpaired) electrons. The molecule has 2 nitrogen and oxygen atoms in total. The molecule has 0 bridgehead atoms. The lowest BCUT2D eigenvalue weighted by Crippen LogP contribution is -2.32. The van der Waals surface area contributed by atoms with Gasteiger partial charge in [0, 0.05) is 18.4 Å². The third kappa shape index (κ3) is 3.31. The molecule has 2 N–H and O–H groups in total. The number of carbonyl (C=O) groups is 1. The summed E-state index contributed by atoms with van der Waals surface area (Å²) in [7, 11) is 0. The van der Waals surface area contributed by atoms with Crippen LogP contribution in [0.3, 0.4) is 0 Å². The van der Waals surface area contributed by atoms with Crippen LogP contribution in [0.5, 0.6) is 0 Å². The van der Waals surface area contributed by atoms with Crippen LogP contribution in [0.15, 0.2) is 0 Å². The van der Waals surface area contributed by atoms with Crippen LogP contribution in [0.2, 0.25) is 0 Å². The topological polar surface area (TPSA) is 43.1 Å². The zero-order chi connectivity index (χ0) is 11.4. The van der Waals surface area contributed by atoms with E-state index >= 15 is 0 Å². The van der Waals surface area contributed by atoms with Crippen molar-refractivity contribution in [1.82, 2.24) is 0 Å². The van der Waals surface area contributed by atoms with Gasteiger partial charge in [0.15, 0.2) is 0 Å². The van der Waals surface area contributed by atoms with Gasteiger partial charge in [-0.15, -0.1) is 0 Å². The highest BCUT2D eigenvalue weighted by Gasteiger charge is 2.27. The first-order valence-corrected chi connectivity index (χ1v) is 7.04. The smallest absolute Gasteiger partial charge is 0.136 e. The maximum Gasteiger partial charge on any atom is 0.136 e. The number of hydrogen-bond donors (Lipinski definition) is 1. The van der Waals surface area contributed by atoms with Crippen molar-refractivity contribution in [1.29, 1.82) is 0 Å². The Morgan fingerprint density at radius 2 is 1.75 bits per heavy atom. The second kappa shape index (κ2) is 5.81. The Bertz CT molecular complexity index is 233. The normalized spacial score (nSPS) is 32.6. The van der Waals surface area contributed by atoms with Gasteiger partial charge >= 0.3 is 0 Å². The Morgan fingerprint density at radius 3 is 2.44 bits per heavy atom. The van der Waals surface area contributed by atoms with Crippen molar-refractivity contribution >= 4 is 5.78 Å². The van der Waals surface area contributed by atoms with Gasteiger partial charge < -0.3 is 5.73 Å². The fraction of sp³-hybridized carbons (Fsp3) is 0.929. The maximum absolute atomic E-state index is 12.2. The lowest BCUT2D eigenvalue weighted by Gasteiger charge is -2.28. The molecule has 92 valence electrons. The molecule has 2 atom stereocenters. The summed E-state index contributed by atoms with van der Waals surface area (Å²) >= 11 is 0. The van der Waals surface area contributed by atoms with Gasteiger partial charge in [-0.2, -0.15) is 0 Å². The predicted molar refractivity (Wildman–Crippen MR) is 66.1 cm³/mol. The molecule has 2 saturated carbocycles. The van der Waals surface area contributed by atoms with E-state index < -0.39 is 0 Å². The maximum atomic E-state index is 12.2. The molecular formula is C14H25NO. The molecule has 2 aliphatic rings. The van der Waals surface area contributed by atoms with Gasteiger partial charge in [0.25, 0.3) is 0 Å². The lowest BCUT2D eigenvalue weighted by atomic mass is 9.78. The van der Waals surface area contributed by atoms with Gasteiger partial charge in [-0.1, -0.05) is 38.5 Å². The highest BCUT2D eigenvalue weighted by Crippen LogP contribution is 2.31. The summed E-state index contributed by atoms with van der Waals surface area (Å²) in [6.45, 7) is 0. The van der Waals surface area contributed by atoms with Crippen LogP contribution < -0.4 is 5.73 Å². The first kappa shape index (κ1) is 12.1. The van der Waals surface area contributed by atoms with Crippen molar-refractivity contribution in [2.45, 2.75) is 70.3 Å². The van der Waals surface area contributed by atoms with Crippen molar-refractivity contribution in [2.24, 2.45) is 17.6 Å². The summed E-state index contributed by atoms with van der Waals surface area (Å²) < 4.78 is 0. The van der Waals surface area contributed by atoms with Crippen LogP contribution in [0.25, 0.3) is 0 Å². The van der Waals surface area contributed by atoms with E-state index in [0.717, 1.165) is 32.1 Å². The molecule has 2 heteroatoms. The fourth-order valence-electron chi connectivity index (χ4n) is 3.36. The second-order valence-corrected chi connectivity index (χ2v) is 5.80. The summed E-state index contributed by atoms with van der Waals surface area (Å²) in [5.41, 5.74) is 5.94. The van der Waals surface area contributed by atoms with Gasteiger partial charge in [0.2, 0.25) is 0 Å². The summed E-state index contributed by atoms with van der Waals surface area (Å²) in [4.78, 5) is 12.2. The number of Topliss-reactive ketones (excluding diaryl/α,β-unsaturated/α-hetero) is 1. The molecular weight excluding hydrogens is 198 g/mol. The van der Waals surface area contributed by atoms with E-state index in [-0.39, 0.29) is 6.04 Å². The number of rotatable bonds is 3. The SMILES string of the molecule is NC1CCCC(C(=O)CC2CCCCC2)C1. The summed E-state index contributed by atoms with van der Waals surface area (Å²) in [5, 5.41) is 0. The van der Waals surface area contributed by atoms with Crippen LogP contribution in [0, 0.1) is 11.8 Å². The van der Waals surface area contributed by atoms with E-state index in [1.54, 1.807) is 0 Å². The number of hydrogen-bond acceptors (Lipinski definition) is 2. The molecule has 2 unspecified atom stereocenters. The molecule has 0 aliphatic heterocycles. The molecule has 2 rings (SSSR count).